The Morgan fingerprint density at radius 1 is 1.35 bits per heavy atom. The van der Waals surface area contributed by atoms with Crippen LogP contribution in [-0.2, 0) is 9.59 Å². The standard InChI is InChI=1S/C14H20N2O4/c1-3-7-10(14(19)20)15-13(18)11(4-2)16-9-6-5-8-12(16)17/h5-6,8-11H,3-4,7H2,1-2H3,(H,15,18)(H,19,20). The first-order valence-corrected chi connectivity index (χ1v) is 6.71. The van der Waals surface area contributed by atoms with E-state index in [0.29, 0.717) is 19.3 Å². The topological polar surface area (TPSA) is 88.4 Å². The number of nitrogens with zero attached hydrogens (tertiary/aromatic N) is 1. The Hall–Kier alpha value is -2.11. The van der Waals surface area contributed by atoms with E-state index in [1.807, 2.05) is 6.92 Å². The normalized spacial score (nSPS) is 13.5. The highest BCUT2D eigenvalue weighted by Crippen LogP contribution is 2.10. The summed E-state index contributed by atoms with van der Waals surface area (Å²) in [6, 6.07) is 3.03. The molecule has 0 bridgehead atoms. The summed E-state index contributed by atoms with van der Waals surface area (Å²) in [7, 11) is 0. The highest BCUT2D eigenvalue weighted by Gasteiger charge is 2.25. The number of amides is 1. The second-order valence-corrected chi connectivity index (χ2v) is 4.56. The maximum atomic E-state index is 12.2. The van der Waals surface area contributed by atoms with E-state index in [0.717, 1.165) is 0 Å². The third-order valence-corrected chi connectivity index (χ3v) is 3.07. The molecule has 2 N–H and O–H groups in total. The Labute approximate surface area is 117 Å². The van der Waals surface area contributed by atoms with Crippen molar-refractivity contribution in [3.05, 3.63) is 34.7 Å². The number of nitrogens with one attached hydrogen (secondary N) is 1. The van der Waals surface area contributed by atoms with Crippen LogP contribution in [0.2, 0.25) is 0 Å². The van der Waals surface area contributed by atoms with Gasteiger partial charge in [-0.2, -0.15) is 0 Å². The Morgan fingerprint density at radius 3 is 2.55 bits per heavy atom. The highest BCUT2D eigenvalue weighted by molar-refractivity contribution is 5.85. The van der Waals surface area contributed by atoms with Crippen LogP contribution >= 0.6 is 0 Å². The summed E-state index contributed by atoms with van der Waals surface area (Å²) in [5.41, 5.74) is -0.281. The van der Waals surface area contributed by atoms with Gasteiger partial charge in [-0.25, -0.2) is 4.79 Å². The summed E-state index contributed by atoms with van der Waals surface area (Å²) in [4.78, 5) is 35.0. The number of carbonyl (C=O) groups is 2. The number of carboxylic acid groups (broad SMARTS) is 1. The lowest BCUT2D eigenvalue weighted by atomic mass is 10.1. The monoisotopic (exact) mass is 280 g/mol. The molecule has 0 spiro atoms. The summed E-state index contributed by atoms with van der Waals surface area (Å²) in [5.74, 6) is -1.50. The fraction of sp³-hybridized carbons (Fsp3) is 0.500. The lowest BCUT2D eigenvalue weighted by Crippen LogP contribution is -2.45. The zero-order valence-electron chi connectivity index (χ0n) is 11.7. The Kier molecular flexibility index (Phi) is 5.96. The van der Waals surface area contributed by atoms with Crippen LogP contribution in [0.4, 0.5) is 0 Å². The predicted molar refractivity (Wildman–Crippen MR) is 74.5 cm³/mol. The molecule has 110 valence electrons. The number of hydrogen-bond donors (Lipinski definition) is 2. The Bertz CT molecular complexity index is 524. The van der Waals surface area contributed by atoms with Crippen LogP contribution in [-0.4, -0.2) is 27.6 Å². The molecule has 0 fully saturated rings. The SMILES string of the molecule is CCCC(NC(=O)C(CC)n1ccccc1=O)C(=O)O. The number of pyridine rings is 1. The van der Waals surface area contributed by atoms with Crippen molar-refractivity contribution in [3.63, 3.8) is 0 Å². The maximum absolute atomic E-state index is 12.2. The minimum atomic E-state index is -1.06. The zero-order valence-corrected chi connectivity index (χ0v) is 11.7. The van der Waals surface area contributed by atoms with Crippen molar-refractivity contribution < 1.29 is 14.7 Å². The van der Waals surface area contributed by atoms with Crippen molar-refractivity contribution >= 4 is 11.9 Å². The molecule has 2 unspecified atom stereocenters. The van der Waals surface area contributed by atoms with Crippen LogP contribution in [0.1, 0.15) is 39.2 Å². The van der Waals surface area contributed by atoms with Gasteiger partial charge in [0.05, 0.1) is 0 Å². The van der Waals surface area contributed by atoms with Crippen molar-refractivity contribution in [2.75, 3.05) is 0 Å². The molecule has 0 aliphatic rings. The fourth-order valence-electron chi connectivity index (χ4n) is 2.02. The third kappa shape index (κ3) is 3.94. The molecule has 0 aliphatic carbocycles. The number of aliphatic carboxylic acids is 1. The smallest absolute Gasteiger partial charge is 0.326 e. The molecule has 0 radical (unpaired) electrons. The number of rotatable bonds is 7. The van der Waals surface area contributed by atoms with Crippen LogP contribution in [0.5, 0.6) is 0 Å². The molecular weight excluding hydrogens is 260 g/mol. The van der Waals surface area contributed by atoms with Gasteiger partial charge in [-0.1, -0.05) is 26.3 Å². The minimum absolute atomic E-state index is 0.281. The second-order valence-electron chi connectivity index (χ2n) is 4.56. The molecule has 1 aromatic heterocycles. The van der Waals surface area contributed by atoms with Crippen LogP contribution in [0, 0.1) is 0 Å². The van der Waals surface area contributed by atoms with E-state index in [4.69, 9.17) is 5.11 Å². The van der Waals surface area contributed by atoms with Crippen molar-refractivity contribution in [1.82, 2.24) is 9.88 Å². The lowest BCUT2D eigenvalue weighted by molar-refractivity contribution is -0.142. The molecule has 2 atom stereocenters. The van der Waals surface area contributed by atoms with Crippen molar-refractivity contribution in [1.29, 1.82) is 0 Å². The van der Waals surface area contributed by atoms with Crippen molar-refractivity contribution in [2.24, 2.45) is 0 Å². The van der Waals surface area contributed by atoms with Crippen LogP contribution in [0.3, 0.4) is 0 Å². The largest absolute Gasteiger partial charge is 0.480 e. The molecule has 0 aromatic carbocycles. The van der Waals surface area contributed by atoms with Gasteiger partial charge in [0, 0.05) is 12.3 Å². The summed E-state index contributed by atoms with van der Waals surface area (Å²) in [6.07, 6.45) is 2.96. The van der Waals surface area contributed by atoms with Gasteiger partial charge < -0.3 is 15.0 Å². The number of carbonyl (C=O) groups excluding carboxylic acids is 1. The highest BCUT2D eigenvalue weighted by atomic mass is 16.4. The molecule has 1 amide bonds. The van der Waals surface area contributed by atoms with Gasteiger partial charge in [0.15, 0.2) is 0 Å². The molecule has 20 heavy (non-hydrogen) atoms. The van der Waals surface area contributed by atoms with E-state index >= 15 is 0 Å². The van der Waals surface area contributed by atoms with Gasteiger partial charge in [-0.15, -0.1) is 0 Å². The van der Waals surface area contributed by atoms with Gasteiger partial charge in [0.25, 0.3) is 5.56 Å². The van der Waals surface area contributed by atoms with E-state index in [1.165, 1.54) is 16.8 Å². The minimum Gasteiger partial charge on any atom is -0.480 e. The van der Waals surface area contributed by atoms with Gasteiger partial charge in [-0.05, 0) is 18.9 Å². The summed E-state index contributed by atoms with van der Waals surface area (Å²) >= 11 is 0. The first-order chi connectivity index (χ1) is 9.51. The van der Waals surface area contributed by atoms with Gasteiger partial charge >= 0.3 is 5.97 Å². The summed E-state index contributed by atoms with van der Waals surface area (Å²) in [5, 5.41) is 11.5. The van der Waals surface area contributed by atoms with E-state index in [9.17, 15) is 14.4 Å². The van der Waals surface area contributed by atoms with Crippen molar-refractivity contribution in [3.8, 4) is 0 Å². The first kappa shape index (κ1) is 15.9. The number of carboxylic acids is 1. The average Bonchev–Trinajstić information content (AvgIpc) is 2.41. The summed E-state index contributed by atoms with van der Waals surface area (Å²) in [6.45, 7) is 3.63. The maximum Gasteiger partial charge on any atom is 0.326 e. The third-order valence-electron chi connectivity index (χ3n) is 3.07. The van der Waals surface area contributed by atoms with E-state index in [1.54, 1.807) is 19.1 Å². The predicted octanol–water partition coefficient (Wildman–Crippen LogP) is 1.17. The van der Waals surface area contributed by atoms with Gasteiger partial charge in [0.2, 0.25) is 5.91 Å². The van der Waals surface area contributed by atoms with Gasteiger partial charge in [-0.3, -0.25) is 9.59 Å². The fourth-order valence-corrected chi connectivity index (χ4v) is 2.02. The first-order valence-electron chi connectivity index (χ1n) is 6.71. The van der Waals surface area contributed by atoms with Crippen LogP contribution in [0.15, 0.2) is 29.2 Å². The molecule has 0 saturated heterocycles. The van der Waals surface area contributed by atoms with E-state index in [2.05, 4.69) is 5.32 Å². The molecular formula is C14H20N2O4. The van der Waals surface area contributed by atoms with Crippen LogP contribution < -0.4 is 10.9 Å². The molecule has 1 rings (SSSR count). The van der Waals surface area contributed by atoms with E-state index < -0.39 is 24.0 Å². The number of hydrogen-bond acceptors (Lipinski definition) is 3. The average molecular weight is 280 g/mol. The number of aromatic nitrogens is 1. The lowest BCUT2D eigenvalue weighted by Gasteiger charge is -2.20. The summed E-state index contributed by atoms with van der Waals surface area (Å²) < 4.78 is 1.32. The Balaban J connectivity index is 2.90. The molecule has 0 saturated carbocycles. The van der Waals surface area contributed by atoms with Crippen molar-refractivity contribution in [2.45, 2.75) is 45.2 Å². The molecule has 1 heterocycles. The van der Waals surface area contributed by atoms with Gasteiger partial charge in [0.1, 0.15) is 12.1 Å². The molecule has 6 heteroatoms. The molecule has 0 aliphatic heterocycles. The quantitative estimate of drug-likeness (QED) is 0.784. The molecule has 6 nitrogen and oxygen atoms in total. The van der Waals surface area contributed by atoms with Crippen LogP contribution in [0.25, 0.3) is 0 Å². The van der Waals surface area contributed by atoms with E-state index in [-0.39, 0.29) is 5.56 Å². The molecule has 1 aromatic rings. The second kappa shape index (κ2) is 7.47. The zero-order chi connectivity index (χ0) is 15.1. The Morgan fingerprint density at radius 2 is 2.05 bits per heavy atom.